The third-order valence-corrected chi connectivity index (χ3v) is 4.46. The lowest BCUT2D eigenvalue weighted by Crippen LogP contribution is -2.25. The van der Waals surface area contributed by atoms with Crippen LogP contribution in [-0.4, -0.2) is 27.7 Å². The van der Waals surface area contributed by atoms with Crippen LogP contribution in [-0.2, 0) is 7.05 Å². The summed E-state index contributed by atoms with van der Waals surface area (Å²) in [4.78, 5) is 16.3. The average Bonchev–Trinajstić information content (AvgIpc) is 3.12. The Morgan fingerprint density at radius 1 is 1.18 bits per heavy atom. The maximum atomic E-state index is 15.0. The maximum Gasteiger partial charge on any atom is 0.269 e. The Bertz CT molecular complexity index is 1220. The summed E-state index contributed by atoms with van der Waals surface area (Å²) in [6.07, 6.45) is 6.02. The lowest BCUT2D eigenvalue weighted by Gasteiger charge is -2.09. The molecule has 0 aliphatic rings. The van der Waals surface area contributed by atoms with Crippen LogP contribution in [0.15, 0.2) is 55.1 Å². The highest BCUT2D eigenvalue weighted by atomic mass is 19.1. The topological polar surface area (TPSA) is 86.8 Å². The number of hydrogen-bond donors (Lipinski definition) is 1. The van der Waals surface area contributed by atoms with Gasteiger partial charge in [0.05, 0.1) is 22.7 Å². The number of nitrogens with one attached hydrogen (secondary N) is 1. The molecule has 0 radical (unpaired) electrons. The number of amides is 1. The molecule has 7 nitrogen and oxygen atoms in total. The Labute approximate surface area is 159 Å². The molecule has 0 saturated heterocycles. The minimum Gasteiger partial charge on any atom is -0.619 e. The van der Waals surface area contributed by atoms with Gasteiger partial charge in [-0.2, -0.15) is 9.83 Å². The largest absolute Gasteiger partial charge is 0.619 e. The smallest absolute Gasteiger partial charge is 0.269 e. The first kappa shape index (κ1) is 17.6. The number of aromatic nitrogens is 4. The van der Waals surface area contributed by atoms with Crippen molar-refractivity contribution < 1.29 is 13.9 Å². The highest BCUT2D eigenvalue weighted by Crippen LogP contribution is 2.31. The van der Waals surface area contributed by atoms with Gasteiger partial charge in [0.1, 0.15) is 11.5 Å². The number of pyridine rings is 2. The summed E-state index contributed by atoms with van der Waals surface area (Å²) in [5.41, 5.74) is 2.56. The van der Waals surface area contributed by atoms with E-state index >= 15 is 0 Å². The van der Waals surface area contributed by atoms with Crippen LogP contribution in [0.3, 0.4) is 0 Å². The molecular formula is C20H16FN5O2. The van der Waals surface area contributed by atoms with Gasteiger partial charge in [0.25, 0.3) is 5.91 Å². The van der Waals surface area contributed by atoms with Crippen LogP contribution in [0.5, 0.6) is 0 Å². The summed E-state index contributed by atoms with van der Waals surface area (Å²) < 4.78 is 17.2. The molecule has 4 rings (SSSR count). The highest BCUT2D eigenvalue weighted by Gasteiger charge is 2.17. The molecule has 0 unspecified atom stereocenters. The van der Waals surface area contributed by atoms with E-state index in [4.69, 9.17) is 0 Å². The van der Waals surface area contributed by atoms with E-state index in [1.807, 2.05) is 0 Å². The monoisotopic (exact) mass is 377 g/mol. The van der Waals surface area contributed by atoms with Gasteiger partial charge in [0.15, 0.2) is 12.4 Å². The molecule has 0 bridgehead atoms. The summed E-state index contributed by atoms with van der Waals surface area (Å²) in [5, 5.41) is 19.1. The van der Waals surface area contributed by atoms with Crippen molar-refractivity contribution in [3.05, 3.63) is 71.8 Å². The third kappa shape index (κ3) is 3.05. The SMILES string of the molecule is CNC(=O)c1ccc2c[n+]([O-])cc(-c3ccc(-c4cnn(C)c4)cc3F)c2n1. The van der Waals surface area contributed by atoms with Gasteiger partial charge in [-0.25, -0.2) is 9.37 Å². The Kier molecular flexibility index (Phi) is 4.23. The lowest BCUT2D eigenvalue weighted by molar-refractivity contribution is -0.603. The zero-order chi connectivity index (χ0) is 19.8. The van der Waals surface area contributed by atoms with Crippen LogP contribution in [0.2, 0.25) is 0 Å². The highest BCUT2D eigenvalue weighted by molar-refractivity contribution is 5.98. The second-order valence-corrected chi connectivity index (χ2v) is 6.34. The van der Waals surface area contributed by atoms with Gasteiger partial charge in [-0.15, -0.1) is 0 Å². The van der Waals surface area contributed by atoms with Crippen LogP contribution in [0.25, 0.3) is 33.2 Å². The molecule has 0 aliphatic carbocycles. The Morgan fingerprint density at radius 2 is 2.00 bits per heavy atom. The van der Waals surface area contributed by atoms with Crippen LogP contribution in [0.1, 0.15) is 10.5 Å². The van der Waals surface area contributed by atoms with Gasteiger partial charge in [0, 0.05) is 31.4 Å². The summed E-state index contributed by atoms with van der Waals surface area (Å²) in [6, 6.07) is 7.88. The van der Waals surface area contributed by atoms with E-state index < -0.39 is 5.82 Å². The average molecular weight is 377 g/mol. The molecule has 8 heteroatoms. The van der Waals surface area contributed by atoms with E-state index in [1.54, 1.807) is 42.3 Å². The van der Waals surface area contributed by atoms with Gasteiger partial charge in [-0.1, -0.05) is 12.1 Å². The molecule has 0 spiro atoms. The molecule has 1 amide bonds. The molecule has 1 aromatic carbocycles. The minimum absolute atomic E-state index is 0.187. The quantitative estimate of drug-likeness (QED) is 0.439. The van der Waals surface area contributed by atoms with Gasteiger partial charge in [-0.05, 0) is 23.8 Å². The van der Waals surface area contributed by atoms with Crippen LogP contribution in [0.4, 0.5) is 4.39 Å². The van der Waals surface area contributed by atoms with Crippen molar-refractivity contribution in [2.75, 3.05) is 7.05 Å². The number of rotatable bonds is 3. The van der Waals surface area contributed by atoms with Crippen molar-refractivity contribution in [3.63, 3.8) is 0 Å². The predicted octanol–water partition coefficient (Wildman–Crippen LogP) is 2.43. The third-order valence-electron chi connectivity index (χ3n) is 4.46. The molecule has 3 heterocycles. The number of benzene rings is 1. The number of carbonyl (C=O) groups is 1. The van der Waals surface area contributed by atoms with Crippen molar-refractivity contribution in [2.24, 2.45) is 7.05 Å². The van der Waals surface area contributed by atoms with Crippen LogP contribution in [0, 0.1) is 11.0 Å². The molecule has 0 aliphatic heterocycles. The summed E-state index contributed by atoms with van der Waals surface area (Å²) >= 11 is 0. The zero-order valence-corrected chi connectivity index (χ0v) is 15.2. The van der Waals surface area contributed by atoms with Gasteiger partial charge in [0.2, 0.25) is 0 Å². The fourth-order valence-electron chi connectivity index (χ4n) is 3.09. The Hall–Kier alpha value is -3.81. The number of nitrogens with zero attached hydrogens (tertiary/aromatic N) is 4. The van der Waals surface area contributed by atoms with E-state index in [-0.39, 0.29) is 17.2 Å². The lowest BCUT2D eigenvalue weighted by atomic mass is 10.0. The van der Waals surface area contributed by atoms with Crippen LogP contribution >= 0.6 is 0 Å². The van der Waals surface area contributed by atoms with Gasteiger partial charge in [-0.3, -0.25) is 9.48 Å². The number of fused-ring (bicyclic) bond motifs is 1. The van der Waals surface area contributed by atoms with Crippen molar-refractivity contribution >= 4 is 16.8 Å². The first-order valence-electron chi connectivity index (χ1n) is 8.51. The first-order chi connectivity index (χ1) is 13.5. The van der Waals surface area contributed by atoms with Gasteiger partial charge >= 0.3 is 0 Å². The van der Waals surface area contributed by atoms with Crippen molar-refractivity contribution in [3.8, 4) is 22.3 Å². The van der Waals surface area contributed by atoms with E-state index in [1.165, 1.54) is 31.6 Å². The number of hydrogen-bond acceptors (Lipinski definition) is 4. The Morgan fingerprint density at radius 3 is 2.68 bits per heavy atom. The molecule has 3 aromatic heterocycles. The predicted molar refractivity (Wildman–Crippen MR) is 102 cm³/mol. The minimum atomic E-state index is -0.499. The molecule has 0 atom stereocenters. The van der Waals surface area contributed by atoms with E-state index in [0.29, 0.717) is 26.8 Å². The van der Waals surface area contributed by atoms with Crippen molar-refractivity contribution in [2.45, 2.75) is 0 Å². The van der Waals surface area contributed by atoms with Crippen molar-refractivity contribution in [1.29, 1.82) is 0 Å². The summed E-state index contributed by atoms with van der Waals surface area (Å²) in [7, 11) is 3.29. The molecule has 0 fully saturated rings. The zero-order valence-electron chi connectivity index (χ0n) is 15.2. The second kappa shape index (κ2) is 6.73. The molecule has 4 aromatic rings. The van der Waals surface area contributed by atoms with E-state index in [0.717, 1.165) is 5.56 Å². The van der Waals surface area contributed by atoms with Gasteiger partial charge < -0.3 is 10.5 Å². The number of carbonyl (C=O) groups excluding carboxylic acids is 1. The normalized spacial score (nSPS) is 11.0. The van der Waals surface area contributed by atoms with E-state index in [9.17, 15) is 14.4 Å². The molecule has 140 valence electrons. The number of aryl methyl sites for hydroxylation is 1. The van der Waals surface area contributed by atoms with Crippen molar-refractivity contribution in [1.82, 2.24) is 20.1 Å². The number of halogens is 1. The maximum absolute atomic E-state index is 15.0. The fraction of sp³-hybridized carbons (Fsp3) is 0.100. The second-order valence-electron chi connectivity index (χ2n) is 6.34. The van der Waals surface area contributed by atoms with Crippen LogP contribution < -0.4 is 10.0 Å². The molecule has 1 N–H and O–H groups in total. The first-order valence-corrected chi connectivity index (χ1v) is 8.51. The fourth-order valence-corrected chi connectivity index (χ4v) is 3.09. The molecular weight excluding hydrogens is 361 g/mol. The van der Waals surface area contributed by atoms with E-state index in [2.05, 4.69) is 15.4 Å². The summed E-state index contributed by atoms with van der Waals surface area (Å²) in [6.45, 7) is 0. The standard InChI is InChI=1S/C20H16FN5O2/c1-22-20(27)18-6-4-13-10-26(28)11-16(19(13)24-18)15-5-3-12(7-17(15)21)14-8-23-25(2)9-14/h3-11H,1-2H3,(H,22,27). The Balaban J connectivity index is 1.89. The molecule has 28 heavy (non-hydrogen) atoms. The molecule has 0 saturated carbocycles. The summed E-state index contributed by atoms with van der Waals surface area (Å²) in [5.74, 6) is -0.861.